The number of amides is 1. The zero-order valence-electron chi connectivity index (χ0n) is 14.3. The molecule has 1 fully saturated rings. The topological polar surface area (TPSA) is 123 Å². The Morgan fingerprint density at radius 1 is 1.31 bits per heavy atom. The number of sulfone groups is 1. The number of nitrogens with one attached hydrogen (secondary N) is 1. The lowest BCUT2D eigenvalue weighted by atomic mass is 10.1. The van der Waals surface area contributed by atoms with Crippen LogP contribution in [0.4, 0.5) is 0 Å². The molecule has 0 aliphatic carbocycles. The maximum atomic E-state index is 11.9. The van der Waals surface area contributed by atoms with Crippen molar-refractivity contribution in [1.82, 2.24) is 5.32 Å². The number of carbonyl (C=O) groups excluding carboxylic acids is 1. The van der Waals surface area contributed by atoms with Gasteiger partial charge < -0.3 is 19.6 Å². The van der Waals surface area contributed by atoms with Crippen LogP contribution in [0.25, 0.3) is 11.0 Å². The molecule has 9 heteroatoms. The van der Waals surface area contributed by atoms with E-state index in [0.717, 1.165) is 10.9 Å². The highest BCUT2D eigenvalue weighted by Gasteiger charge is 2.37. The van der Waals surface area contributed by atoms with Crippen molar-refractivity contribution in [3.8, 4) is 5.75 Å². The largest absolute Gasteiger partial charge is 0.484 e. The Bertz CT molecular complexity index is 1030. The molecule has 26 heavy (non-hydrogen) atoms. The number of hydrogen-bond acceptors (Lipinski definition) is 7. The van der Waals surface area contributed by atoms with Crippen molar-refractivity contribution in [3.05, 3.63) is 39.7 Å². The van der Waals surface area contributed by atoms with Crippen molar-refractivity contribution in [1.29, 1.82) is 0 Å². The molecule has 1 amide bonds. The number of aryl methyl sites for hydroxylation is 1. The summed E-state index contributed by atoms with van der Waals surface area (Å²) in [6.07, 6.45) is -1.12. The number of aliphatic hydroxyl groups is 1. The van der Waals surface area contributed by atoms with Gasteiger partial charge in [-0.25, -0.2) is 13.2 Å². The van der Waals surface area contributed by atoms with Gasteiger partial charge in [-0.3, -0.25) is 4.79 Å². The van der Waals surface area contributed by atoms with Crippen LogP contribution in [-0.4, -0.2) is 49.7 Å². The summed E-state index contributed by atoms with van der Waals surface area (Å²) in [6.45, 7) is 3.15. The van der Waals surface area contributed by atoms with Gasteiger partial charge >= 0.3 is 5.63 Å². The zero-order valence-corrected chi connectivity index (χ0v) is 15.1. The molecule has 3 rings (SSSR count). The van der Waals surface area contributed by atoms with E-state index in [2.05, 4.69) is 5.32 Å². The predicted molar refractivity (Wildman–Crippen MR) is 94.0 cm³/mol. The smallest absolute Gasteiger partial charge is 0.339 e. The van der Waals surface area contributed by atoms with Crippen LogP contribution in [-0.2, 0) is 14.6 Å². The second-order valence-electron chi connectivity index (χ2n) is 6.40. The molecule has 0 radical (unpaired) electrons. The summed E-state index contributed by atoms with van der Waals surface area (Å²) in [6, 6.07) is 4.07. The van der Waals surface area contributed by atoms with Gasteiger partial charge in [-0.2, -0.15) is 0 Å². The quantitative estimate of drug-likeness (QED) is 0.718. The Morgan fingerprint density at radius 2 is 2.04 bits per heavy atom. The first-order chi connectivity index (χ1) is 12.2. The Labute approximate surface area is 149 Å². The van der Waals surface area contributed by atoms with Crippen LogP contribution in [0.1, 0.15) is 11.1 Å². The normalized spacial score (nSPS) is 21.7. The monoisotopic (exact) mass is 381 g/mol. The van der Waals surface area contributed by atoms with Crippen LogP contribution < -0.4 is 15.7 Å². The lowest BCUT2D eigenvalue weighted by Crippen LogP contribution is -2.44. The van der Waals surface area contributed by atoms with Crippen molar-refractivity contribution in [2.75, 3.05) is 18.1 Å². The zero-order chi connectivity index (χ0) is 19.1. The summed E-state index contributed by atoms with van der Waals surface area (Å²) < 4.78 is 33.5. The molecular weight excluding hydrogens is 362 g/mol. The van der Waals surface area contributed by atoms with Gasteiger partial charge in [0.05, 0.1) is 23.7 Å². The Hall–Kier alpha value is -2.39. The lowest BCUT2D eigenvalue weighted by Gasteiger charge is -2.15. The van der Waals surface area contributed by atoms with Gasteiger partial charge in [0.1, 0.15) is 11.3 Å². The highest BCUT2D eigenvalue weighted by molar-refractivity contribution is 7.91. The van der Waals surface area contributed by atoms with Crippen LogP contribution in [0.3, 0.4) is 0 Å². The molecule has 0 unspecified atom stereocenters. The molecule has 1 aliphatic rings. The van der Waals surface area contributed by atoms with E-state index >= 15 is 0 Å². The van der Waals surface area contributed by atoms with Crippen LogP contribution in [0.2, 0.25) is 0 Å². The summed E-state index contributed by atoms with van der Waals surface area (Å²) >= 11 is 0. The lowest BCUT2D eigenvalue weighted by molar-refractivity contribution is -0.124. The van der Waals surface area contributed by atoms with Crippen molar-refractivity contribution in [2.45, 2.75) is 26.0 Å². The van der Waals surface area contributed by atoms with E-state index in [9.17, 15) is 23.1 Å². The summed E-state index contributed by atoms with van der Waals surface area (Å²) in [5, 5.41) is 12.9. The third-order valence-corrected chi connectivity index (χ3v) is 6.18. The van der Waals surface area contributed by atoms with Crippen molar-refractivity contribution >= 4 is 26.7 Å². The minimum atomic E-state index is -3.34. The SMILES string of the molecule is Cc1c(C)c2ccc(OCC(=O)N[C@H]3CS(=O)(=O)C[C@@H]3O)cc2oc1=O. The van der Waals surface area contributed by atoms with Crippen molar-refractivity contribution in [3.63, 3.8) is 0 Å². The third-order valence-electron chi connectivity index (χ3n) is 4.47. The number of fused-ring (bicyclic) bond motifs is 1. The minimum absolute atomic E-state index is 0.292. The Balaban J connectivity index is 1.67. The summed E-state index contributed by atoms with van der Waals surface area (Å²) in [7, 11) is -3.34. The number of aliphatic hydroxyl groups excluding tert-OH is 1. The maximum absolute atomic E-state index is 11.9. The highest BCUT2D eigenvalue weighted by Crippen LogP contribution is 2.23. The van der Waals surface area contributed by atoms with Crippen LogP contribution >= 0.6 is 0 Å². The summed E-state index contributed by atoms with van der Waals surface area (Å²) in [4.78, 5) is 23.7. The fourth-order valence-corrected chi connectivity index (χ4v) is 4.62. The number of ether oxygens (including phenoxy) is 1. The highest BCUT2D eigenvalue weighted by atomic mass is 32.2. The van der Waals surface area contributed by atoms with Crippen LogP contribution in [0.15, 0.2) is 27.4 Å². The molecule has 1 saturated heterocycles. The second kappa shape index (κ2) is 6.73. The molecule has 0 saturated carbocycles. The standard InChI is InChI=1S/C17H19NO7S/c1-9-10(2)17(21)25-15-5-11(3-4-12(9)15)24-6-16(20)18-13-7-26(22,23)8-14(13)19/h3-5,13-14,19H,6-8H2,1-2H3,(H,18,20)/t13-,14-/m0/s1. The second-order valence-corrected chi connectivity index (χ2v) is 8.56. The molecule has 1 aromatic carbocycles. The molecule has 0 spiro atoms. The van der Waals surface area contributed by atoms with E-state index < -0.39 is 33.5 Å². The molecule has 140 valence electrons. The predicted octanol–water partition coefficient (Wildman–Crippen LogP) is 0.0627. The molecule has 1 aromatic heterocycles. The van der Waals surface area contributed by atoms with Crippen LogP contribution in [0, 0.1) is 13.8 Å². The van der Waals surface area contributed by atoms with Crippen LogP contribution in [0.5, 0.6) is 5.75 Å². The van der Waals surface area contributed by atoms with Gasteiger partial charge in [0.25, 0.3) is 5.91 Å². The molecular formula is C17H19NO7S. The van der Waals surface area contributed by atoms with Gasteiger partial charge in [0.2, 0.25) is 0 Å². The number of carbonyl (C=O) groups is 1. The van der Waals surface area contributed by atoms with E-state index in [1.165, 1.54) is 6.07 Å². The maximum Gasteiger partial charge on any atom is 0.339 e. The fourth-order valence-electron chi connectivity index (χ4n) is 2.88. The first-order valence-corrected chi connectivity index (χ1v) is 9.83. The first-order valence-electron chi connectivity index (χ1n) is 8.01. The Kier molecular flexibility index (Phi) is 4.76. The van der Waals surface area contributed by atoms with E-state index in [-0.39, 0.29) is 18.1 Å². The van der Waals surface area contributed by atoms with E-state index in [1.54, 1.807) is 19.1 Å². The fraction of sp³-hybridized carbons (Fsp3) is 0.412. The molecule has 8 nitrogen and oxygen atoms in total. The number of hydrogen-bond donors (Lipinski definition) is 2. The first kappa shape index (κ1) is 18.4. The van der Waals surface area contributed by atoms with E-state index in [1.807, 2.05) is 6.92 Å². The molecule has 2 atom stereocenters. The molecule has 0 bridgehead atoms. The van der Waals surface area contributed by atoms with Crippen molar-refractivity contribution in [2.24, 2.45) is 0 Å². The van der Waals surface area contributed by atoms with Crippen molar-refractivity contribution < 1.29 is 27.5 Å². The average Bonchev–Trinajstić information content (AvgIpc) is 2.82. The molecule has 2 heterocycles. The number of benzene rings is 1. The van der Waals surface area contributed by atoms with Gasteiger partial charge in [-0.05, 0) is 31.5 Å². The van der Waals surface area contributed by atoms with Gasteiger partial charge in [0.15, 0.2) is 16.4 Å². The summed E-state index contributed by atoms with van der Waals surface area (Å²) in [5.41, 5.74) is 1.28. The molecule has 2 N–H and O–H groups in total. The molecule has 2 aromatic rings. The summed E-state index contributed by atoms with van der Waals surface area (Å²) in [5.74, 6) is -0.868. The minimum Gasteiger partial charge on any atom is -0.484 e. The van der Waals surface area contributed by atoms with E-state index in [0.29, 0.717) is 16.9 Å². The Morgan fingerprint density at radius 3 is 2.69 bits per heavy atom. The van der Waals surface area contributed by atoms with Gasteiger partial charge in [-0.15, -0.1) is 0 Å². The molecule has 1 aliphatic heterocycles. The average molecular weight is 381 g/mol. The van der Waals surface area contributed by atoms with Gasteiger partial charge in [-0.1, -0.05) is 0 Å². The van der Waals surface area contributed by atoms with E-state index in [4.69, 9.17) is 9.15 Å². The number of rotatable bonds is 4. The third kappa shape index (κ3) is 3.73. The van der Waals surface area contributed by atoms with Gasteiger partial charge in [0, 0.05) is 17.0 Å².